The highest BCUT2D eigenvalue weighted by Gasteiger charge is 2.30. The summed E-state index contributed by atoms with van der Waals surface area (Å²) < 4.78 is 6.41. The van der Waals surface area contributed by atoms with Crippen LogP contribution in [0.3, 0.4) is 0 Å². The molecule has 0 saturated heterocycles. The number of hydrogen-bond acceptors (Lipinski definition) is 3. The number of aliphatic hydroxyl groups is 1. The second kappa shape index (κ2) is 6.09. The highest BCUT2D eigenvalue weighted by molar-refractivity contribution is 14.1. The van der Waals surface area contributed by atoms with Gasteiger partial charge in [0, 0.05) is 3.57 Å². The molecule has 1 aromatic rings. The molecule has 1 aromatic carbocycles. The van der Waals surface area contributed by atoms with Crippen LogP contribution in [-0.2, 0) is 0 Å². The number of carboxylic acids is 1. The molecule has 0 unspecified atom stereocenters. The van der Waals surface area contributed by atoms with E-state index in [1.165, 1.54) is 0 Å². The molecule has 1 aliphatic carbocycles. The molecule has 0 radical (unpaired) electrons. The van der Waals surface area contributed by atoms with Crippen LogP contribution in [0.15, 0.2) is 18.2 Å². The molecule has 19 heavy (non-hydrogen) atoms. The third kappa shape index (κ3) is 3.82. The predicted octanol–water partition coefficient (Wildman–Crippen LogP) is 3.06. The van der Waals surface area contributed by atoms with E-state index < -0.39 is 11.6 Å². The van der Waals surface area contributed by atoms with Gasteiger partial charge in [0.25, 0.3) is 0 Å². The van der Waals surface area contributed by atoms with E-state index in [0.29, 0.717) is 5.75 Å². The SMILES string of the molecule is O=C(O)c1cc(I)ccc1OCC1(O)CCCCC1. The number of hydrogen-bond donors (Lipinski definition) is 2. The van der Waals surface area contributed by atoms with Crippen molar-refractivity contribution < 1.29 is 19.7 Å². The summed E-state index contributed by atoms with van der Waals surface area (Å²) in [6.45, 7) is 0.161. The van der Waals surface area contributed by atoms with Crippen molar-refractivity contribution in [2.75, 3.05) is 6.61 Å². The maximum atomic E-state index is 11.2. The summed E-state index contributed by atoms with van der Waals surface area (Å²) in [4.78, 5) is 11.2. The van der Waals surface area contributed by atoms with Gasteiger partial charge in [-0.05, 0) is 53.6 Å². The molecule has 0 atom stereocenters. The van der Waals surface area contributed by atoms with Gasteiger partial charge in [0.05, 0.1) is 5.60 Å². The maximum Gasteiger partial charge on any atom is 0.339 e. The van der Waals surface area contributed by atoms with E-state index in [9.17, 15) is 9.90 Å². The Balaban J connectivity index is 2.08. The Morgan fingerprint density at radius 1 is 1.32 bits per heavy atom. The van der Waals surface area contributed by atoms with Gasteiger partial charge in [-0.15, -0.1) is 0 Å². The molecule has 0 heterocycles. The molecule has 5 heteroatoms. The third-order valence-electron chi connectivity index (χ3n) is 3.45. The molecule has 0 spiro atoms. The topological polar surface area (TPSA) is 66.8 Å². The molecule has 4 nitrogen and oxygen atoms in total. The summed E-state index contributed by atoms with van der Waals surface area (Å²) in [6, 6.07) is 5.02. The lowest BCUT2D eigenvalue weighted by molar-refractivity contribution is -0.0341. The fourth-order valence-electron chi connectivity index (χ4n) is 2.36. The Morgan fingerprint density at radius 3 is 2.63 bits per heavy atom. The molecule has 0 bridgehead atoms. The molecule has 2 rings (SSSR count). The van der Waals surface area contributed by atoms with Crippen molar-refractivity contribution in [3.8, 4) is 5.75 Å². The van der Waals surface area contributed by atoms with Crippen LogP contribution in [0.5, 0.6) is 5.75 Å². The average molecular weight is 376 g/mol. The highest BCUT2D eigenvalue weighted by Crippen LogP contribution is 2.30. The molecule has 0 amide bonds. The van der Waals surface area contributed by atoms with Gasteiger partial charge in [-0.2, -0.15) is 0 Å². The summed E-state index contributed by atoms with van der Waals surface area (Å²) >= 11 is 2.06. The van der Waals surface area contributed by atoms with Gasteiger partial charge in [-0.3, -0.25) is 0 Å². The number of ether oxygens (including phenoxy) is 1. The number of halogens is 1. The summed E-state index contributed by atoms with van der Waals surface area (Å²) in [5, 5.41) is 19.5. The first-order valence-electron chi connectivity index (χ1n) is 6.38. The minimum Gasteiger partial charge on any atom is -0.490 e. The number of carboxylic acid groups (broad SMARTS) is 1. The smallest absolute Gasteiger partial charge is 0.339 e. The molecule has 1 aliphatic rings. The molecular formula is C14H17IO4. The van der Waals surface area contributed by atoms with Crippen molar-refractivity contribution in [3.63, 3.8) is 0 Å². The Kier molecular flexibility index (Phi) is 4.67. The monoisotopic (exact) mass is 376 g/mol. The van der Waals surface area contributed by atoms with Crippen molar-refractivity contribution >= 4 is 28.6 Å². The summed E-state index contributed by atoms with van der Waals surface area (Å²) in [6.07, 6.45) is 4.59. The first-order chi connectivity index (χ1) is 9.00. The first-order valence-corrected chi connectivity index (χ1v) is 7.46. The van der Waals surface area contributed by atoms with Crippen LogP contribution in [0.1, 0.15) is 42.5 Å². The number of benzene rings is 1. The lowest BCUT2D eigenvalue weighted by atomic mass is 9.85. The van der Waals surface area contributed by atoms with Crippen molar-refractivity contribution in [2.24, 2.45) is 0 Å². The van der Waals surface area contributed by atoms with Crippen LogP contribution in [0.4, 0.5) is 0 Å². The van der Waals surface area contributed by atoms with Crippen LogP contribution < -0.4 is 4.74 Å². The standard InChI is InChI=1S/C14H17IO4/c15-10-4-5-12(11(8-10)13(16)17)19-9-14(18)6-2-1-3-7-14/h4-5,8,18H,1-3,6-7,9H2,(H,16,17). The van der Waals surface area contributed by atoms with Crippen molar-refractivity contribution in [1.82, 2.24) is 0 Å². The zero-order valence-corrected chi connectivity index (χ0v) is 12.7. The van der Waals surface area contributed by atoms with Gasteiger partial charge in [-0.25, -0.2) is 4.79 Å². The average Bonchev–Trinajstić information content (AvgIpc) is 2.38. The van der Waals surface area contributed by atoms with Crippen LogP contribution in [0.25, 0.3) is 0 Å². The van der Waals surface area contributed by atoms with E-state index in [0.717, 1.165) is 35.7 Å². The highest BCUT2D eigenvalue weighted by atomic mass is 127. The van der Waals surface area contributed by atoms with Gasteiger partial charge < -0.3 is 14.9 Å². The summed E-state index contributed by atoms with van der Waals surface area (Å²) in [7, 11) is 0. The molecule has 0 aromatic heterocycles. The van der Waals surface area contributed by atoms with Gasteiger partial charge in [0.1, 0.15) is 17.9 Å². The Labute approximate surface area is 125 Å². The van der Waals surface area contributed by atoms with Crippen LogP contribution in [0, 0.1) is 3.57 Å². The minimum atomic E-state index is -1.01. The van der Waals surface area contributed by atoms with Crippen LogP contribution >= 0.6 is 22.6 Å². The minimum absolute atomic E-state index is 0.145. The molecule has 1 saturated carbocycles. The fourth-order valence-corrected chi connectivity index (χ4v) is 2.85. The Morgan fingerprint density at radius 2 is 2.00 bits per heavy atom. The Bertz CT molecular complexity index is 467. The van der Waals surface area contributed by atoms with E-state index in [2.05, 4.69) is 22.6 Å². The van der Waals surface area contributed by atoms with Crippen molar-refractivity contribution in [2.45, 2.75) is 37.7 Å². The van der Waals surface area contributed by atoms with Crippen LogP contribution in [-0.4, -0.2) is 28.4 Å². The van der Waals surface area contributed by atoms with Gasteiger partial charge >= 0.3 is 5.97 Å². The predicted molar refractivity (Wildman–Crippen MR) is 79.6 cm³/mol. The summed E-state index contributed by atoms with van der Waals surface area (Å²) in [5.74, 6) is -0.684. The lowest BCUT2D eigenvalue weighted by Gasteiger charge is -2.31. The number of rotatable bonds is 4. The second-order valence-corrected chi connectivity index (χ2v) is 6.26. The number of carbonyl (C=O) groups is 1. The lowest BCUT2D eigenvalue weighted by Crippen LogP contribution is -2.38. The van der Waals surface area contributed by atoms with E-state index >= 15 is 0 Å². The van der Waals surface area contributed by atoms with Gasteiger partial charge in [0.15, 0.2) is 0 Å². The fraction of sp³-hybridized carbons (Fsp3) is 0.500. The normalized spacial score (nSPS) is 18.0. The van der Waals surface area contributed by atoms with E-state index in [-0.39, 0.29) is 12.2 Å². The first kappa shape index (κ1) is 14.6. The Hall–Kier alpha value is -0.820. The molecule has 0 aliphatic heterocycles. The zero-order chi connectivity index (χ0) is 13.9. The van der Waals surface area contributed by atoms with Gasteiger partial charge in [-0.1, -0.05) is 19.3 Å². The third-order valence-corrected chi connectivity index (χ3v) is 4.12. The van der Waals surface area contributed by atoms with E-state index in [1.54, 1.807) is 18.2 Å². The van der Waals surface area contributed by atoms with Crippen LogP contribution in [0.2, 0.25) is 0 Å². The quantitative estimate of drug-likeness (QED) is 0.793. The van der Waals surface area contributed by atoms with Crippen molar-refractivity contribution in [3.05, 3.63) is 27.3 Å². The van der Waals surface area contributed by atoms with E-state index in [1.807, 2.05) is 0 Å². The van der Waals surface area contributed by atoms with E-state index in [4.69, 9.17) is 9.84 Å². The van der Waals surface area contributed by atoms with Gasteiger partial charge in [0.2, 0.25) is 0 Å². The molecule has 1 fully saturated rings. The largest absolute Gasteiger partial charge is 0.490 e. The molecular weight excluding hydrogens is 359 g/mol. The molecule has 2 N–H and O–H groups in total. The summed E-state index contributed by atoms with van der Waals surface area (Å²) in [5.41, 5.74) is -0.664. The zero-order valence-electron chi connectivity index (χ0n) is 10.6. The second-order valence-electron chi connectivity index (χ2n) is 5.02. The van der Waals surface area contributed by atoms with Crippen molar-refractivity contribution in [1.29, 1.82) is 0 Å². The maximum absolute atomic E-state index is 11.2. The number of aromatic carboxylic acids is 1. The molecule has 104 valence electrons.